The van der Waals surface area contributed by atoms with Gasteiger partial charge in [-0.25, -0.2) is 0 Å². The fourth-order valence-electron chi connectivity index (χ4n) is 1.94. The minimum absolute atomic E-state index is 0.166. The lowest BCUT2D eigenvalue weighted by Gasteiger charge is -2.12. The van der Waals surface area contributed by atoms with Crippen LogP contribution in [0.1, 0.15) is 34.9 Å². The maximum absolute atomic E-state index is 6.28. The Kier molecular flexibility index (Phi) is 3.52. The van der Waals surface area contributed by atoms with Crippen molar-refractivity contribution in [2.24, 2.45) is 5.73 Å². The summed E-state index contributed by atoms with van der Waals surface area (Å²) >= 11 is 7.88. The molecular formula is C15H16ClNOS. The Morgan fingerprint density at radius 3 is 2.53 bits per heavy atom. The van der Waals surface area contributed by atoms with Crippen LogP contribution in [-0.2, 0) is 0 Å². The summed E-state index contributed by atoms with van der Waals surface area (Å²) in [6.45, 7) is 2.00. The number of rotatable bonds is 4. The standard InChI is InChI=1S/C15H16ClNOS/c1-9-8-19-15(13(9)16)14(17)10-2-4-11(5-3-10)18-12-6-7-12/h2-5,8,12,14H,6-7,17H2,1H3. The number of halogens is 1. The van der Waals surface area contributed by atoms with Crippen LogP contribution in [0.2, 0.25) is 5.02 Å². The monoisotopic (exact) mass is 293 g/mol. The molecule has 4 heteroatoms. The van der Waals surface area contributed by atoms with Gasteiger partial charge in [0.15, 0.2) is 0 Å². The Hall–Kier alpha value is -1.03. The Balaban J connectivity index is 1.79. The fourth-order valence-corrected chi connectivity index (χ4v) is 3.28. The molecule has 2 nitrogen and oxygen atoms in total. The maximum atomic E-state index is 6.28. The van der Waals surface area contributed by atoms with Gasteiger partial charge < -0.3 is 10.5 Å². The summed E-state index contributed by atoms with van der Waals surface area (Å²) in [6.07, 6.45) is 2.77. The second kappa shape index (κ2) is 5.16. The minimum atomic E-state index is -0.166. The van der Waals surface area contributed by atoms with Crippen LogP contribution in [-0.4, -0.2) is 6.10 Å². The number of nitrogens with two attached hydrogens (primary N) is 1. The zero-order valence-corrected chi connectivity index (χ0v) is 12.3. The van der Waals surface area contributed by atoms with E-state index in [0.717, 1.165) is 26.8 Å². The molecule has 1 aliphatic carbocycles. The molecule has 1 heterocycles. The van der Waals surface area contributed by atoms with Crippen molar-refractivity contribution in [3.63, 3.8) is 0 Å². The molecule has 1 atom stereocenters. The lowest BCUT2D eigenvalue weighted by atomic mass is 10.1. The first kappa shape index (κ1) is 13.0. The first-order valence-corrected chi connectivity index (χ1v) is 7.66. The predicted molar refractivity (Wildman–Crippen MR) is 80.2 cm³/mol. The van der Waals surface area contributed by atoms with E-state index in [4.69, 9.17) is 22.1 Å². The maximum Gasteiger partial charge on any atom is 0.119 e. The van der Waals surface area contributed by atoms with Crippen LogP contribution < -0.4 is 10.5 Å². The second-order valence-electron chi connectivity index (χ2n) is 4.96. The molecule has 1 unspecified atom stereocenters. The zero-order chi connectivity index (χ0) is 13.4. The van der Waals surface area contributed by atoms with Crippen LogP contribution in [0.15, 0.2) is 29.6 Å². The largest absolute Gasteiger partial charge is 0.490 e. The number of hydrogen-bond acceptors (Lipinski definition) is 3. The van der Waals surface area contributed by atoms with Gasteiger partial charge in [-0.3, -0.25) is 0 Å². The van der Waals surface area contributed by atoms with Gasteiger partial charge in [0, 0.05) is 4.88 Å². The van der Waals surface area contributed by atoms with Crippen molar-refractivity contribution in [3.8, 4) is 5.75 Å². The van der Waals surface area contributed by atoms with Crippen molar-refractivity contribution < 1.29 is 4.74 Å². The summed E-state index contributed by atoms with van der Waals surface area (Å²) in [7, 11) is 0. The van der Waals surface area contributed by atoms with Crippen molar-refractivity contribution in [2.75, 3.05) is 0 Å². The van der Waals surface area contributed by atoms with Crippen LogP contribution in [0.4, 0.5) is 0 Å². The van der Waals surface area contributed by atoms with E-state index >= 15 is 0 Å². The lowest BCUT2D eigenvalue weighted by molar-refractivity contribution is 0.303. The molecule has 1 aliphatic rings. The third-order valence-electron chi connectivity index (χ3n) is 3.27. The number of ether oxygens (including phenoxy) is 1. The van der Waals surface area contributed by atoms with E-state index in [9.17, 15) is 0 Å². The van der Waals surface area contributed by atoms with Gasteiger partial charge in [0.05, 0.1) is 17.2 Å². The van der Waals surface area contributed by atoms with Gasteiger partial charge in [0.1, 0.15) is 5.75 Å². The van der Waals surface area contributed by atoms with E-state index in [1.165, 1.54) is 12.8 Å². The molecule has 1 fully saturated rings. The van der Waals surface area contributed by atoms with Crippen molar-refractivity contribution in [1.29, 1.82) is 0 Å². The predicted octanol–water partition coefficient (Wildman–Crippen LogP) is 4.30. The lowest BCUT2D eigenvalue weighted by Crippen LogP contribution is -2.10. The molecule has 19 heavy (non-hydrogen) atoms. The molecule has 1 saturated carbocycles. The van der Waals surface area contributed by atoms with Gasteiger partial charge in [-0.2, -0.15) is 0 Å². The smallest absolute Gasteiger partial charge is 0.119 e. The molecule has 0 spiro atoms. The Bertz CT molecular complexity index is 574. The van der Waals surface area contributed by atoms with Crippen LogP contribution in [0.3, 0.4) is 0 Å². The van der Waals surface area contributed by atoms with Crippen molar-refractivity contribution >= 4 is 22.9 Å². The first-order valence-electron chi connectivity index (χ1n) is 6.41. The quantitative estimate of drug-likeness (QED) is 0.912. The SMILES string of the molecule is Cc1csc(C(N)c2ccc(OC3CC3)cc2)c1Cl. The van der Waals surface area contributed by atoms with E-state index in [0.29, 0.717) is 6.10 Å². The van der Waals surface area contributed by atoms with Gasteiger partial charge in [0.25, 0.3) is 0 Å². The van der Waals surface area contributed by atoms with Gasteiger partial charge >= 0.3 is 0 Å². The van der Waals surface area contributed by atoms with Crippen molar-refractivity contribution in [1.82, 2.24) is 0 Å². The van der Waals surface area contributed by atoms with Crippen molar-refractivity contribution in [3.05, 3.63) is 50.7 Å². The third kappa shape index (κ3) is 2.78. The van der Waals surface area contributed by atoms with Crippen LogP contribution >= 0.6 is 22.9 Å². The fraction of sp³-hybridized carbons (Fsp3) is 0.333. The molecule has 100 valence electrons. The summed E-state index contributed by atoms with van der Waals surface area (Å²) in [4.78, 5) is 1.02. The number of hydrogen-bond donors (Lipinski definition) is 1. The van der Waals surface area contributed by atoms with Gasteiger partial charge in [-0.1, -0.05) is 23.7 Å². The van der Waals surface area contributed by atoms with Gasteiger partial charge in [0.2, 0.25) is 0 Å². The Morgan fingerprint density at radius 2 is 2.00 bits per heavy atom. The van der Waals surface area contributed by atoms with Crippen LogP contribution in [0, 0.1) is 6.92 Å². The highest BCUT2D eigenvalue weighted by molar-refractivity contribution is 7.10. The molecule has 1 aromatic heterocycles. The van der Waals surface area contributed by atoms with Crippen molar-refractivity contribution in [2.45, 2.75) is 31.9 Å². The van der Waals surface area contributed by atoms with E-state index in [1.807, 2.05) is 36.6 Å². The zero-order valence-electron chi connectivity index (χ0n) is 10.7. The number of aryl methyl sites for hydroxylation is 1. The molecule has 3 rings (SSSR count). The highest BCUT2D eigenvalue weighted by Crippen LogP contribution is 2.35. The summed E-state index contributed by atoms with van der Waals surface area (Å²) in [5, 5.41) is 2.83. The molecule has 2 aromatic rings. The normalized spacial score (nSPS) is 16.4. The molecule has 0 radical (unpaired) electrons. The van der Waals surface area contributed by atoms with E-state index in [2.05, 4.69) is 0 Å². The highest BCUT2D eigenvalue weighted by Gasteiger charge is 2.23. The van der Waals surface area contributed by atoms with E-state index in [-0.39, 0.29) is 6.04 Å². The molecule has 1 aromatic carbocycles. The van der Waals surface area contributed by atoms with E-state index < -0.39 is 0 Å². The summed E-state index contributed by atoms with van der Waals surface area (Å²) in [5.41, 5.74) is 8.43. The molecule has 0 saturated heterocycles. The Morgan fingerprint density at radius 1 is 1.32 bits per heavy atom. The Labute approximate surface area is 122 Å². The van der Waals surface area contributed by atoms with Gasteiger partial charge in [-0.05, 0) is 48.4 Å². The number of thiophene rings is 1. The highest BCUT2D eigenvalue weighted by atomic mass is 35.5. The first-order chi connectivity index (χ1) is 9.15. The second-order valence-corrected chi connectivity index (χ2v) is 6.25. The number of benzene rings is 1. The minimum Gasteiger partial charge on any atom is -0.490 e. The molecule has 2 N–H and O–H groups in total. The average Bonchev–Trinajstić information content (AvgIpc) is 3.17. The average molecular weight is 294 g/mol. The molecule has 0 aliphatic heterocycles. The third-order valence-corrected chi connectivity index (χ3v) is 5.07. The van der Waals surface area contributed by atoms with Crippen LogP contribution in [0.25, 0.3) is 0 Å². The van der Waals surface area contributed by atoms with E-state index in [1.54, 1.807) is 11.3 Å². The van der Waals surface area contributed by atoms with Gasteiger partial charge in [-0.15, -0.1) is 11.3 Å². The summed E-state index contributed by atoms with van der Waals surface area (Å²) < 4.78 is 5.73. The summed E-state index contributed by atoms with van der Waals surface area (Å²) in [6, 6.07) is 7.85. The molecule has 0 amide bonds. The molecular weight excluding hydrogens is 278 g/mol. The summed E-state index contributed by atoms with van der Waals surface area (Å²) in [5.74, 6) is 0.923. The topological polar surface area (TPSA) is 35.2 Å². The molecule has 0 bridgehead atoms. The van der Waals surface area contributed by atoms with Crippen LogP contribution in [0.5, 0.6) is 5.75 Å².